The second-order valence-electron chi connectivity index (χ2n) is 5.08. The molecule has 0 spiro atoms. The van der Waals surface area contributed by atoms with Crippen LogP contribution in [0.15, 0.2) is 46.2 Å². The fourth-order valence-electron chi connectivity index (χ4n) is 2.02. The van der Waals surface area contributed by atoms with Crippen molar-refractivity contribution in [1.29, 1.82) is 0 Å². The number of nitro benzene ring substituents is 2. The van der Waals surface area contributed by atoms with Gasteiger partial charge >= 0.3 is 0 Å². The van der Waals surface area contributed by atoms with Crippen molar-refractivity contribution in [2.75, 3.05) is 0 Å². The van der Waals surface area contributed by atoms with E-state index in [0.29, 0.717) is 12.1 Å². The van der Waals surface area contributed by atoms with E-state index in [1.54, 1.807) is 0 Å². The van der Waals surface area contributed by atoms with E-state index < -0.39 is 62.4 Å². The van der Waals surface area contributed by atoms with Gasteiger partial charge in [-0.1, -0.05) is 11.8 Å². The van der Waals surface area contributed by atoms with Crippen LogP contribution in [-0.2, 0) is 20.2 Å². The molecule has 30 heavy (non-hydrogen) atoms. The van der Waals surface area contributed by atoms with Crippen LogP contribution >= 0.6 is 0 Å². The minimum Gasteiger partial charge on any atom is -0.412 e. The predicted molar refractivity (Wildman–Crippen MR) is 99.0 cm³/mol. The van der Waals surface area contributed by atoms with Crippen LogP contribution in [0.3, 0.4) is 0 Å². The molecule has 0 aliphatic carbocycles. The molecule has 0 saturated carbocycles. The molecule has 16 heteroatoms. The highest BCUT2D eigenvalue weighted by Gasteiger charge is 2.21. The van der Waals surface area contributed by atoms with E-state index in [1.165, 1.54) is 0 Å². The maximum absolute atomic E-state index is 11.4. The first-order chi connectivity index (χ1) is 12.8. The van der Waals surface area contributed by atoms with E-state index in [2.05, 4.69) is 11.8 Å². The van der Waals surface area contributed by atoms with Crippen LogP contribution < -0.4 is 0 Å². The van der Waals surface area contributed by atoms with Crippen LogP contribution in [0.1, 0.15) is 11.1 Å². The molecule has 0 radical (unpaired) electrons. The van der Waals surface area contributed by atoms with Crippen molar-refractivity contribution in [3.8, 4) is 11.8 Å². The first-order valence-corrected chi connectivity index (χ1v) is 9.72. The van der Waals surface area contributed by atoms with Crippen LogP contribution in [0.25, 0.3) is 0 Å². The summed E-state index contributed by atoms with van der Waals surface area (Å²) in [5.41, 5.74) is -2.11. The Kier molecular flexibility index (Phi) is 8.28. The third kappa shape index (κ3) is 6.02. The topological polar surface area (TPSA) is 258 Å². The van der Waals surface area contributed by atoms with Crippen LogP contribution in [0.5, 0.6) is 0 Å². The smallest absolute Gasteiger partial charge is 0.296 e. The number of hydrogen-bond acceptors (Lipinski definition) is 8. The zero-order valence-electron chi connectivity index (χ0n) is 14.3. The normalized spacial score (nSPS) is 10.6. The molecular formula is C14H12N2O12S2. The Morgan fingerprint density at radius 2 is 1.00 bits per heavy atom. The summed E-state index contributed by atoms with van der Waals surface area (Å²) in [7, 11) is -9.83. The molecule has 0 bridgehead atoms. The van der Waals surface area contributed by atoms with Crippen LogP contribution in [-0.4, -0.2) is 46.7 Å². The molecular weight excluding hydrogens is 452 g/mol. The molecule has 0 saturated heterocycles. The summed E-state index contributed by atoms with van der Waals surface area (Å²) in [5.74, 6) is 4.41. The lowest BCUT2D eigenvalue weighted by Gasteiger charge is -2.02. The third-order valence-corrected chi connectivity index (χ3v) is 5.03. The monoisotopic (exact) mass is 464 g/mol. The molecule has 0 aliphatic heterocycles. The summed E-state index contributed by atoms with van der Waals surface area (Å²) in [4.78, 5) is 17.9. The first kappa shape index (κ1) is 26.5. The Balaban J connectivity index is 0.00000420. The van der Waals surface area contributed by atoms with Crippen molar-refractivity contribution in [2.24, 2.45) is 0 Å². The maximum Gasteiger partial charge on any atom is 0.296 e. The van der Waals surface area contributed by atoms with E-state index in [4.69, 9.17) is 0 Å². The van der Waals surface area contributed by atoms with Crippen LogP contribution in [0.2, 0.25) is 0 Å². The number of non-ortho nitro benzene ring substituents is 2. The fourth-order valence-corrected chi connectivity index (χ4v) is 3.35. The molecule has 2 aromatic carbocycles. The highest BCUT2D eigenvalue weighted by molar-refractivity contribution is 7.86. The zero-order valence-corrected chi connectivity index (χ0v) is 16.0. The Hall–Kier alpha value is -3.46. The molecule has 162 valence electrons. The molecule has 0 heterocycles. The van der Waals surface area contributed by atoms with Crippen molar-refractivity contribution in [1.82, 2.24) is 0 Å². The van der Waals surface area contributed by atoms with Gasteiger partial charge in [0.15, 0.2) is 0 Å². The second-order valence-corrected chi connectivity index (χ2v) is 7.86. The zero-order chi connectivity index (χ0) is 21.3. The van der Waals surface area contributed by atoms with Crippen LogP contribution in [0, 0.1) is 32.1 Å². The van der Waals surface area contributed by atoms with Gasteiger partial charge in [0.25, 0.3) is 31.6 Å². The van der Waals surface area contributed by atoms with E-state index in [9.17, 15) is 46.2 Å². The Bertz CT molecular complexity index is 1180. The fraction of sp³-hybridized carbons (Fsp3) is 0. The molecule has 0 aromatic heterocycles. The summed E-state index contributed by atoms with van der Waals surface area (Å²) in [6.45, 7) is 0. The van der Waals surface area contributed by atoms with Gasteiger partial charge in [0.1, 0.15) is 9.79 Å². The Morgan fingerprint density at radius 1 is 0.700 bits per heavy atom. The van der Waals surface area contributed by atoms with Crippen molar-refractivity contribution < 1.29 is 46.7 Å². The summed E-state index contributed by atoms with van der Waals surface area (Å²) >= 11 is 0. The van der Waals surface area contributed by atoms with E-state index in [1.807, 2.05) is 0 Å². The van der Waals surface area contributed by atoms with E-state index in [-0.39, 0.29) is 11.0 Å². The summed E-state index contributed by atoms with van der Waals surface area (Å²) in [6.07, 6.45) is 0. The molecule has 0 fully saturated rings. The minimum absolute atomic E-state index is 0. The Labute approximate surface area is 168 Å². The van der Waals surface area contributed by atoms with Gasteiger partial charge in [-0.05, 0) is 12.1 Å². The molecule has 0 aliphatic rings. The maximum atomic E-state index is 11.4. The summed E-state index contributed by atoms with van der Waals surface area (Å²) in [6, 6.07) is 4.73. The van der Waals surface area contributed by atoms with Gasteiger partial charge in [-0.15, -0.1) is 0 Å². The number of hydrogen-bond donors (Lipinski definition) is 2. The quantitative estimate of drug-likeness (QED) is 0.259. The summed E-state index contributed by atoms with van der Waals surface area (Å²) < 4.78 is 64.2. The highest BCUT2D eigenvalue weighted by Crippen LogP contribution is 2.24. The van der Waals surface area contributed by atoms with Gasteiger partial charge < -0.3 is 11.0 Å². The van der Waals surface area contributed by atoms with Gasteiger partial charge in [-0.2, -0.15) is 16.8 Å². The minimum atomic E-state index is -4.91. The average Bonchev–Trinajstić information content (AvgIpc) is 2.57. The molecule has 0 amide bonds. The highest BCUT2D eigenvalue weighted by atomic mass is 32.2. The molecule has 14 nitrogen and oxygen atoms in total. The largest absolute Gasteiger partial charge is 0.412 e. The predicted octanol–water partition coefficient (Wildman–Crippen LogP) is -0.253. The van der Waals surface area contributed by atoms with Gasteiger partial charge in [0, 0.05) is 35.4 Å². The van der Waals surface area contributed by atoms with Crippen molar-refractivity contribution >= 4 is 31.6 Å². The molecule has 0 unspecified atom stereocenters. The first-order valence-electron chi connectivity index (χ1n) is 6.84. The van der Waals surface area contributed by atoms with Gasteiger partial charge in [-0.3, -0.25) is 29.3 Å². The molecule has 0 atom stereocenters. The Morgan fingerprint density at radius 3 is 1.23 bits per heavy atom. The summed E-state index contributed by atoms with van der Waals surface area (Å²) in [5, 5.41) is 21.5. The van der Waals surface area contributed by atoms with Crippen LogP contribution in [0.4, 0.5) is 11.4 Å². The van der Waals surface area contributed by atoms with Gasteiger partial charge in [0.05, 0.1) is 9.85 Å². The van der Waals surface area contributed by atoms with Gasteiger partial charge in [-0.25, -0.2) is 0 Å². The van der Waals surface area contributed by atoms with Crippen molar-refractivity contribution in [3.05, 3.63) is 67.8 Å². The average molecular weight is 464 g/mol. The number of rotatable bonds is 4. The lowest BCUT2D eigenvalue weighted by Crippen LogP contribution is -2.04. The lowest BCUT2D eigenvalue weighted by molar-refractivity contribution is -0.385. The number of benzene rings is 2. The third-order valence-electron chi connectivity index (χ3n) is 3.24. The number of nitrogens with zero attached hydrogens (tertiary/aromatic N) is 2. The lowest BCUT2D eigenvalue weighted by atomic mass is 10.1. The van der Waals surface area contributed by atoms with Crippen molar-refractivity contribution in [2.45, 2.75) is 9.79 Å². The standard InChI is InChI=1S/C14H8N2O10S2.2H2O/c17-15(18)11-5-3-9(13(7-11)27(21,22)23)1-2-10-4-6-12(16(19)20)8-14(10)28(24,25)26;;/h3-8H,(H,21,22,23)(H,24,25,26);2*1H2. The van der Waals surface area contributed by atoms with E-state index in [0.717, 1.165) is 24.3 Å². The molecule has 2 rings (SSSR count). The SMILES string of the molecule is O.O.O=[N+]([O-])c1ccc(C#Cc2ccc([N+](=O)[O-])cc2S(=O)(=O)O)c(S(=O)(=O)O)c1. The molecule has 2 aromatic rings. The number of nitro groups is 2. The molecule has 6 N–H and O–H groups in total. The van der Waals surface area contributed by atoms with Gasteiger partial charge in [0.2, 0.25) is 0 Å². The second kappa shape index (κ2) is 9.36. The van der Waals surface area contributed by atoms with Crippen molar-refractivity contribution in [3.63, 3.8) is 0 Å². The van der Waals surface area contributed by atoms with E-state index >= 15 is 0 Å².